The highest BCUT2D eigenvalue weighted by Gasteiger charge is 2.25. The Bertz CT molecular complexity index is 1890. The third-order valence-corrected chi connectivity index (χ3v) is 13.1. The summed E-state index contributed by atoms with van der Waals surface area (Å²) in [6, 6.07) is 12.3. The first kappa shape index (κ1) is 38.8. The molecule has 0 spiro atoms. The number of fused-ring (bicyclic) bond motifs is 5. The van der Waals surface area contributed by atoms with Crippen molar-refractivity contribution in [2.24, 2.45) is 0 Å². The van der Waals surface area contributed by atoms with E-state index in [1.54, 1.807) is 22.7 Å². The van der Waals surface area contributed by atoms with Gasteiger partial charge in [0.05, 0.1) is 22.1 Å². The molecule has 0 atom stereocenters. The molecule has 0 radical (unpaired) electrons. The number of hydrogen-bond acceptors (Lipinski definition) is 2. The zero-order chi connectivity index (χ0) is 36.5. The van der Waals surface area contributed by atoms with Gasteiger partial charge in [-0.25, -0.2) is 8.78 Å². The average Bonchev–Trinajstić information content (AvgIpc) is 3.93. The van der Waals surface area contributed by atoms with E-state index in [1.807, 2.05) is 12.1 Å². The molecule has 0 fully saturated rings. The predicted octanol–water partition coefficient (Wildman–Crippen LogP) is 15.9. The molecule has 0 saturated carbocycles. The summed E-state index contributed by atoms with van der Waals surface area (Å²) in [4.78, 5) is 2.12. The SMILES string of the molecule is CCCCCCc1ccsc1-c1cc2c(cc1F)c1c(c3cc(F)c(-c4sccc4CCCCCC)cc3n1CCCCCC)n2CCCCCC. The number of benzene rings is 2. The Morgan fingerprint density at radius 2 is 0.865 bits per heavy atom. The molecule has 6 heteroatoms. The van der Waals surface area contributed by atoms with Crippen molar-refractivity contribution in [1.29, 1.82) is 0 Å². The van der Waals surface area contributed by atoms with E-state index in [0.717, 1.165) is 107 Å². The van der Waals surface area contributed by atoms with E-state index in [0.29, 0.717) is 11.1 Å². The standard InChI is InChI=1S/C46H60F2N2S2/c1-5-9-13-17-21-33-23-27-51-45(33)35-31-41-37(29-39(35)47)43-44(49(41)25-19-15-11-7-3)38-30-40(48)36(32-42(38)50(43)26-20-16-12-8-4)46-34(24-28-52-46)22-18-14-10-6-2/h23-24,27-32H,5-22,25-26H2,1-4H3. The minimum atomic E-state index is -0.157. The van der Waals surface area contributed by atoms with Gasteiger partial charge in [0.1, 0.15) is 11.6 Å². The van der Waals surface area contributed by atoms with Gasteiger partial charge in [-0.05, 0) is 96.8 Å². The Morgan fingerprint density at radius 3 is 1.25 bits per heavy atom. The van der Waals surface area contributed by atoms with Crippen LogP contribution in [0.25, 0.3) is 53.7 Å². The van der Waals surface area contributed by atoms with Gasteiger partial charge in [-0.3, -0.25) is 0 Å². The zero-order valence-electron chi connectivity index (χ0n) is 32.2. The van der Waals surface area contributed by atoms with Gasteiger partial charge in [-0.1, -0.05) is 105 Å². The molecule has 0 aliphatic rings. The van der Waals surface area contributed by atoms with Crippen molar-refractivity contribution in [1.82, 2.24) is 9.13 Å². The van der Waals surface area contributed by atoms with E-state index in [-0.39, 0.29) is 11.6 Å². The van der Waals surface area contributed by atoms with Gasteiger partial charge in [0, 0.05) is 44.7 Å². The van der Waals surface area contributed by atoms with Gasteiger partial charge in [-0.2, -0.15) is 0 Å². The molecule has 6 aromatic rings. The van der Waals surface area contributed by atoms with Crippen LogP contribution in [0, 0.1) is 11.6 Å². The van der Waals surface area contributed by atoms with Crippen molar-refractivity contribution in [3.8, 4) is 20.9 Å². The quantitative estimate of drug-likeness (QED) is 0.0613. The van der Waals surface area contributed by atoms with Crippen LogP contribution in [-0.2, 0) is 25.9 Å². The second-order valence-corrected chi connectivity index (χ2v) is 16.8. The van der Waals surface area contributed by atoms with Crippen molar-refractivity contribution in [2.45, 2.75) is 156 Å². The van der Waals surface area contributed by atoms with Gasteiger partial charge in [0.15, 0.2) is 0 Å². The number of unbranched alkanes of at least 4 members (excludes halogenated alkanes) is 12. The van der Waals surface area contributed by atoms with Crippen LogP contribution in [0.5, 0.6) is 0 Å². The second kappa shape index (κ2) is 18.9. The van der Waals surface area contributed by atoms with E-state index >= 15 is 8.78 Å². The molecule has 0 unspecified atom stereocenters. The third-order valence-electron chi connectivity index (χ3n) is 11.1. The summed E-state index contributed by atoms with van der Waals surface area (Å²) >= 11 is 3.31. The molecule has 0 N–H and O–H groups in total. The van der Waals surface area contributed by atoms with Crippen LogP contribution < -0.4 is 0 Å². The molecule has 4 aromatic heterocycles. The van der Waals surface area contributed by atoms with Crippen molar-refractivity contribution >= 4 is 55.5 Å². The van der Waals surface area contributed by atoms with E-state index in [4.69, 9.17) is 0 Å². The molecule has 2 nitrogen and oxygen atoms in total. The highest BCUT2D eigenvalue weighted by atomic mass is 32.1. The average molecular weight is 743 g/mol. The monoisotopic (exact) mass is 742 g/mol. The van der Waals surface area contributed by atoms with Gasteiger partial charge in [0.2, 0.25) is 0 Å². The lowest BCUT2D eigenvalue weighted by Crippen LogP contribution is -2.00. The maximum absolute atomic E-state index is 16.6. The summed E-state index contributed by atoms with van der Waals surface area (Å²) in [5, 5.41) is 6.15. The fraction of sp³-hybridized carbons (Fsp3) is 0.522. The zero-order valence-corrected chi connectivity index (χ0v) is 33.9. The normalized spacial score (nSPS) is 12.0. The fourth-order valence-corrected chi connectivity index (χ4v) is 10.2. The van der Waals surface area contributed by atoms with E-state index in [9.17, 15) is 0 Å². The summed E-state index contributed by atoms with van der Waals surface area (Å²) in [6.07, 6.45) is 20.6. The number of aryl methyl sites for hydroxylation is 4. The second-order valence-electron chi connectivity index (χ2n) is 15.0. The van der Waals surface area contributed by atoms with Crippen molar-refractivity contribution in [2.75, 3.05) is 0 Å². The smallest absolute Gasteiger partial charge is 0.132 e. The van der Waals surface area contributed by atoms with Crippen LogP contribution in [0.4, 0.5) is 8.78 Å². The van der Waals surface area contributed by atoms with E-state index < -0.39 is 0 Å². The van der Waals surface area contributed by atoms with Crippen LogP contribution in [0.15, 0.2) is 47.2 Å². The molecule has 0 saturated heterocycles. The summed E-state index contributed by atoms with van der Waals surface area (Å²) in [6.45, 7) is 10.6. The maximum atomic E-state index is 16.6. The third kappa shape index (κ3) is 8.39. The van der Waals surface area contributed by atoms with Gasteiger partial charge >= 0.3 is 0 Å². The summed E-state index contributed by atoms with van der Waals surface area (Å²) in [5.74, 6) is -0.313. The minimum Gasteiger partial charge on any atom is -0.339 e. The van der Waals surface area contributed by atoms with Gasteiger partial charge < -0.3 is 9.13 Å². The van der Waals surface area contributed by atoms with E-state index in [2.05, 4.69) is 71.9 Å². The van der Waals surface area contributed by atoms with Crippen LogP contribution in [0.2, 0.25) is 0 Å². The highest BCUT2D eigenvalue weighted by Crippen LogP contribution is 2.44. The van der Waals surface area contributed by atoms with Crippen LogP contribution >= 0.6 is 22.7 Å². The number of nitrogens with zero attached hydrogens (tertiary/aromatic N) is 2. The Kier molecular flexibility index (Phi) is 14.1. The number of hydrogen-bond donors (Lipinski definition) is 0. The summed E-state index contributed by atoms with van der Waals surface area (Å²) in [5.41, 5.74) is 8.20. The summed E-state index contributed by atoms with van der Waals surface area (Å²) < 4.78 is 38.0. The number of thiophene rings is 2. The van der Waals surface area contributed by atoms with Crippen LogP contribution in [-0.4, -0.2) is 9.13 Å². The van der Waals surface area contributed by atoms with Crippen molar-refractivity contribution < 1.29 is 8.78 Å². The lowest BCUT2D eigenvalue weighted by molar-refractivity contribution is 0.600. The van der Waals surface area contributed by atoms with Gasteiger partial charge in [-0.15, -0.1) is 22.7 Å². The Balaban J connectivity index is 1.53. The maximum Gasteiger partial charge on any atom is 0.132 e. The number of aromatic nitrogens is 2. The molecule has 2 aromatic carbocycles. The lowest BCUT2D eigenvalue weighted by atomic mass is 10.0. The predicted molar refractivity (Wildman–Crippen MR) is 225 cm³/mol. The Morgan fingerprint density at radius 1 is 0.481 bits per heavy atom. The molecule has 0 amide bonds. The first-order valence-electron chi connectivity index (χ1n) is 20.6. The highest BCUT2D eigenvalue weighted by molar-refractivity contribution is 7.14. The Hall–Kier alpha value is -2.96. The largest absolute Gasteiger partial charge is 0.339 e. The fourth-order valence-electron chi connectivity index (χ4n) is 8.22. The van der Waals surface area contributed by atoms with Gasteiger partial charge in [0.25, 0.3) is 0 Å². The van der Waals surface area contributed by atoms with E-state index in [1.165, 1.54) is 75.3 Å². The van der Waals surface area contributed by atoms with Crippen LogP contribution in [0.3, 0.4) is 0 Å². The number of halogens is 2. The molecule has 0 aliphatic heterocycles. The molecule has 6 rings (SSSR count). The first-order chi connectivity index (χ1) is 25.5. The molecule has 0 aliphatic carbocycles. The molecular weight excluding hydrogens is 683 g/mol. The number of rotatable bonds is 22. The Labute approximate surface area is 319 Å². The molecular formula is C46H60F2N2S2. The summed E-state index contributed by atoms with van der Waals surface area (Å²) in [7, 11) is 0. The topological polar surface area (TPSA) is 9.86 Å². The first-order valence-corrected chi connectivity index (χ1v) is 22.4. The van der Waals surface area contributed by atoms with Crippen molar-refractivity contribution in [3.63, 3.8) is 0 Å². The van der Waals surface area contributed by atoms with Crippen LogP contribution in [0.1, 0.15) is 142 Å². The lowest BCUT2D eigenvalue weighted by Gasteiger charge is -2.13. The molecule has 4 heterocycles. The molecule has 280 valence electrons. The minimum absolute atomic E-state index is 0.157. The molecule has 0 bridgehead atoms. The molecule has 52 heavy (non-hydrogen) atoms. The van der Waals surface area contributed by atoms with Crippen molar-refractivity contribution in [3.05, 3.63) is 69.9 Å².